The second kappa shape index (κ2) is 7.66. The fourth-order valence-electron chi connectivity index (χ4n) is 3.95. The highest BCUT2D eigenvalue weighted by Crippen LogP contribution is 2.31. The molecule has 1 amide bonds. The first-order valence-electron chi connectivity index (χ1n) is 8.94. The molecular weight excluding hydrogens is 324 g/mol. The average molecular weight is 350 g/mol. The lowest BCUT2D eigenvalue weighted by molar-refractivity contribution is -0.139. The van der Waals surface area contributed by atoms with E-state index in [0.29, 0.717) is 0 Å². The molecule has 2 aliphatic rings. The molecule has 0 bridgehead atoms. The first-order chi connectivity index (χ1) is 11.6. The number of carbonyl (C=O) groups is 2. The molecule has 1 aliphatic carbocycles. The summed E-state index contributed by atoms with van der Waals surface area (Å²) in [6.45, 7) is 4.28. The Labute approximate surface area is 147 Å². The van der Waals surface area contributed by atoms with Crippen LogP contribution in [0, 0.1) is 0 Å². The second-order valence-corrected chi connectivity index (χ2v) is 7.70. The van der Waals surface area contributed by atoms with E-state index in [0.717, 1.165) is 50.9 Å². The van der Waals surface area contributed by atoms with Crippen LogP contribution in [-0.4, -0.2) is 59.0 Å². The number of likely N-dealkylation sites (tertiary alicyclic amines) is 1. The van der Waals surface area contributed by atoms with Crippen LogP contribution in [0.1, 0.15) is 53.4 Å². The zero-order chi connectivity index (χ0) is 17.1. The van der Waals surface area contributed by atoms with E-state index in [1.807, 2.05) is 22.1 Å². The number of aliphatic carboxylic acids is 1. The summed E-state index contributed by atoms with van der Waals surface area (Å²) in [4.78, 5) is 29.2. The van der Waals surface area contributed by atoms with Crippen LogP contribution in [0.25, 0.3) is 0 Å². The summed E-state index contributed by atoms with van der Waals surface area (Å²) in [5.74, 6) is -0.602. The minimum atomic E-state index is -0.778. The molecule has 1 fully saturated rings. The van der Waals surface area contributed by atoms with Crippen molar-refractivity contribution in [3.63, 3.8) is 0 Å². The van der Waals surface area contributed by atoms with Crippen molar-refractivity contribution in [2.24, 2.45) is 0 Å². The number of carboxylic acids is 1. The Hall–Kier alpha value is -1.40. The molecule has 1 N–H and O–H groups in total. The Balaban J connectivity index is 1.61. The van der Waals surface area contributed by atoms with Gasteiger partial charge in [0, 0.05) is 29.4 Å². The van der Waals surface area contributed by atoms with Crippen LogP contribution in [-0.2, 0) is 17.6 Å². The number of thiophene rings is 1. The minimum absolute atomic E-state index is 0.0904. The smallest absolute Gasteiger partial charge is 0.317 e. The molecule has 6 heteroatoms. The Morgan fingerprint density at radius 1 is 1.29 bits per heavy atom. The van der Waals surface area contributed by atoms with Gasteiger partial charge in [0.2, 0.25) is 0 Å². The summed E-state index contributed by atoms with van der Waals surface area (Å²) in [7, 11) is 0. The van der Waals surface area contributed by atoms with Gasteiger partial charge in [-0.05, 0) is 50.6 Å². The third-order valence-corrected chi connectivity index (χ3v) is 6.39. The molecule has 1 aliphatic heterocycles. The zero-order valence-electron chi connectivity index (χ0n) is 14.3. The highest BCUT2D eigenvalue weighted by molar-refractivity contribution is 7.10. The summed E-state index contributed by atoms with van der Waals surface area (Å²) in [6, 6.07) is 0.270. The van der Waals surface area contributed by atoms with Crippen molar-refractivity contribution in [1.82, 2.24) is 9.80 Å². The van der Waals surface area contributed by atoms with Crippen LogP contribution in [0.5, 0.6) is 0 Å². The summed E-state index contributed by atoms with van der Waals surface area (Å²) in [6.07, 6.45) is 6.31. The number of amides is 1. The van der Waals surface area contributed by atoms with Gasteiger partial charge in [-0.1, -0.05) is 6.92 Å². The van der Waals surface area contributed by atoms with Crippen molar-refractivity contribution in [2.45, 2.75) is 51.5 Å². The molecule has 5 nitrogen and oxygen atoms in total. The summed E-state index contributed by atoms with van der Waals surface area (Å²) < 4.78 is 0. The molecule has 0 spiro atoms. The van der Waals surface area contributed by atoms with Crippen molar-refractivity contribution >= 4 is 23.2 Å². The van der Waals surface area contributed by atoms with Crippen LogP contribution in [0.4, 0.5) is 0 Å². The molecular formula is C18H26N2O3S. The molecule has 0 unspecified atom stereocenters. The molecule has 0 aromatic carbocycles. The summed E-state index contributed by atoms with van der Waals surface area (Å²) in [5.41, 5.74) is 2.21. The average Bonchev–Trinajstić information content (AvgIpc) is 3.03. The van der Waals surface area contributed by atoms with Crippen LogP contribution < -0.4 is 0 Å². The summed E-state index contributed by atoms with van der Waals surface area (Å²) >= 11 is 1.74. The lowest BCUT2D eigenvalue weighted by Crippen LogP contribution is -2.48. The maximum Gasteiger partial charge on any atom is 0.317 e. The first-order valence-corrected chi connectivity index (χ1v) is 9.82. The highest BCUT2D eigenvalue weighted by Gasteiger charge is 2.29. The number of hydrogen-bond acceptors (Lipinski definition) is 4. The van der Waals surface area contributed by atoms with Gasteiger partial charge >= 0.3 is 5.97 Å². The quantitative estimate of drug-likeness (QED) is 0.887. The number of nitrogens with zero attached hydrogens (tertiary/aromatic N) is 2. The molecule has 0 radical (unpaired) electrons. The maximum absolute atomic E-state index is 12.9. The Bertz CT molecular complexity index is 605. The number of fused-ring (bicyclic) bond motifs is 1. The number of aryl methyl sites for hydroxylation is 1. The molecule has 2 heterocycles. The molecule has 1 aromatic heterocycles. The van der Waals surface area contributed by atoms with Crippen molar-refractivity contribution in [3.8, 4) is 0 Å². The fourth-order valence-corrected chi connectivity index (χ4v) is 5.07. The molecule has 132 valence electrons. The van der Waals surface area contributed by atoms with Gasteiger partial charge in [0.05, 0.1) is 12.1 Å². The number of rotatable bonds is 5. The molecule has 0 atom stereocenters. The van der Waals surface area contributed by atoms with Crippen LogP contribution in [0.15, 0.2) is 5.38 Å². The van der Waals surface area contributed by atoms with Gasteiger partial charge in [-0.25, -0.2) is 0 Å². The molecule has 3 rings (SSSR count). The van der Waals surface area contributed by atoms with Crippen molar-refractivity contribution < 1.29 is 14.7 Å². The normalized spacial score (nSPS) is 18.7. The first kappa shape index (κ1) is 17.4. The number of hydrogen-bond donors (Lipinski definition) is 1. The van der Waals surface area contributed by atoms with E-state index < -0.39 is 5.97 Å². The number of carboxylic acid groups (broad SMARTS) is 1. The largest absolute Gasteiger partial charge is 0.480 e. The SMILES string of the molecule is CCN(CC(=O)O)C1CCN(C(=O)c2csc3c2CCCC3)CC1. The Kier molecular flexibility index (Phi) is 5.56. The van der Waals surface area contributed by atoms with E-state index in [-0.39, 0.29) is 18.5 Å². The van der Waals surface area contributed by atoms with Gasteiger partial charge in [0.15, 0.2) is 0 Å². The third-order valence-electron chi connectivity index (χ3n) is 5.30. The topological polar surface area (TPSA) is 60.9 Å². The van der Waals surface area contributed by atoms with E-state index in [1.165, 1.54) is 23.3 Å². The van der Waals surface area contributed by atoms with E-state index in [1.54, 1.807) is 11.3 Å². The fraction of sp³-hybridized carbons (Fsp3) is 0.667. The lowest BCUT2D eigenvalue weighted by Gasteiger charge is -2.37. The minimum Gasteiger partial charge on any atom is -0.480 e. The second-order valence-electron chi connectivity index (χ2n) is 6.74. The highest BCUT2D eigenvalue weighted by atomic mass is 32.1. The van der Waals surface area contributed by atoms with Gasteiger partial charge < -0.3 is 10.0 Å². The van der Waals surface area contributed by atoms with Gasteiger partial charge in [0.25, 0.3) is 5.91 Å². The van der Waals surface area contributed by atoms with Crippen molar-refractivity contribution in [3.05, 3.63) is 21.4 Å². The molecule has 24 heavy (non-hydrogen) atoms. The number of piperidine rings is 1. The molecule has 1 aromatic rings. The summed E-state index contributed by atoms with van der Waals surface area (Å²) in [5, 5.41) is 11.1. The van der Waals surface area contributed by atoms with Gasteiger partial charge in [-0.15, -0.1) is 11.3 Å². The van der Waals surface area contributed by atoms with Crippen molar-refractivity contribution in [1.29, 1.82) is 0 Å². The Morgan fingerprint density at radius 3 is 2.67 bits per heavy atom. The van der Waals surface area contributed by atoms with Crippen LogP contribution in [0.2, 0.25) is 0 Å². The van der Waals surface area contributed by atoms with Crippen molar-refractivity contribution in [2.75, 3.05) is 26.2 Å². The monoisotopic (exact) mass is 350 g/mol. The maximum atomic E-state index is 12.9. The van der Waals surface area contributed by atoms with E-state index in [4.69, 9.17) is 5.11 Å². The van der Waals surface area contributed by atoms with Crippen LogP contribution in [0.3, 0.4) is 0 Å². The van der Waals surface area contributed by atoms with Gasteiger partial charge in [0.1, 0.15) is 0 Å². The van der Waals surface area contributed by atoms with E-state index in [2.05, 4.69) is 0 Å². The number of likely N-dealkylation sites (N-methyl/N-ethyl adjacent to an activating group) is 1. The standard InChI is InChI=1S/C18H26N2O3S/c1-2-19(11-17(21)22)13-7-9-20(10-8-13)18(23)15-12-24-16-6-4-3-5-14(15)16/h12-13H,2-11H2,1H3,(H,21,22). The van der Waals surface area contributed by atoms with E-state index >= 15 is 0 Å². The van der Waals surface area contributed by atoms with Crippen LogP contribution >= 0.6 is 11.3 Å². The molecule has 0 saturated carbocycles. The molecule has 1 saturated heterocycles. The predicted octanol–water partition coefficient (Wildman–Crippen LogP) is 2.64. The van der Waals surface area contributed by atoms with E-state index in [9.17, 15) is 9.59 Å². The Morgan fingerprint density at radius 2 is 2.00 bits per heavy atom. The van der Waals surface area contributed by atoms with Gasteiger partial charge in [-0.3, -0.25) is 14.5 Å². The lowest BCUT2D eigenvalue weighted by atomic mass is 9.95. The number of carbonyl (C=O) groups excluding carboxylic acids is 1. The van der Waals surface area contributed by atoms with Gasteiger partial charge in [-0.2, -0.15) is 0 Å². The predicted molar refractivity (Wildman–Crippen MR) is 94.8 cm³/mol. The zero-order valence-corrected chi connectivity index (χ0v) is 15.1. The third kappa shape index (κ3) is 3.64.